The lowest BCUT2D eigenvalue weighted by atomic mass is 9.55. The van der Waals surface area contributed by atoms with Gasteiger partial charge in [-0.15, -0.1) is 0 Å². The Labute approximate surface area is 280 Å². The molecular weight excluding hydrogens is 583 g/mol. The normalized spacial score (nSPS) is 14.8. The molecule has 0 saturated heterocycles. The number of rotatable bonds is 3. The number of hydrogen-bond donors (Lipinski definition) is 0. The van der Waals surface area contributed by atoms with E-state index in [4.69, 9.17) is 4.42 Å². The fourth-order valence-electron chi connectivity index (χ4n) is 9.00. The van der Waals surface area contributed by atoms with Crippen molar-refractivity contribution in [2.45, 2.75) is 24.7 Å². The average Bonchev–Trinajstić information content (AvgIpc) is 3.65. The first-order valence-corrected chi connectivity index (χ1v) is 16.8. The van der Waals surface area contributed by atoms with Crippen molar-refractivity contribution in [1.29, 1.82) is 0 Å². The SMILES string of the molecule is CC1(C)c2ccccc2C2(c3ccccc3-c3ccccc32)c2cccc(N(c3ccccc3)c3ccc4oc5ccccc5c4c3)c21. The molecule has 1 aromatic heterocycles. The second-order valence-electron chi connectivity index (χ2n) is 13.7. The highest BCUT2D eigenvalue weighted by Gasteiger charge is 2.54. The number of hydrogen-bond acceptors (Lipinski definition) is 2. The molecule has 0 atom stereocenters. The highest BCUT2D eigenvalue weighted by atomic mass is 16.3. The van der Waals surface area contributed by atoms with Crippen LogP contribution in [0, 0.1) is 0 Å². The number of furan rings is 1. The molecule has 0 unspecified atom stereocenters. The molecule has 7 aromatic carbocycles. The molecular formula is C46H33NO. The van der Waals surface area contributed by atoms with Gasteiger partial charge in [0.15, 0.2) is 0 Å². The van der Waals surface area contributed by atoms with Gasteiger partial charge >= 0.3 is 0 Å². The van der Waals surface area contributed by atoms with Crippen LogP contribution >= 0.6 is 0 Å². The predicted octanol–water partition coefficient (Wildman–Crippen LogP) is 12.1. The Kier molecular flexibility index (Phi) is 5.58. The molecule has 0 saturated carbocycles. The van der Waals surface area contributed by atoms with Gasteiger partial charge in [-0.1, -0.05) is 135 Å². The van der Waals surface area contributed by atoms with Crippen LogP contribution in [-0.2, 0) is 10.8 Å². The lowest BCUT2D eigenvalue weighted by Crippen LogP contribution is -2.41. The Morgan fingerprint density at radius 2 is 1.02 bits per heavy atom. The highest BCUT2D eigenvalue weighted by Crippen LogP contribution is 2.63. The lowest BCUT2D eigenvalue weighted by molar-refractivity contribution is 0.564. The zero-order chi connectivity index (χ0) is 32.0. The van der Waals surface area contributed by atoms with Crippen LogP contribution in [0.1, 0.15) is 47.2 Å². The predicted molar refractivity (Wildman–Crippen MR) is 198 cm³/mol. The van der Waals surface area contributed by atoms with Gasteiger partial charge in [-0.3, -0.25) is 0 Å². The van der Waals surface area contributed by atoms with Gasteiger partial charge in [0, 0.05) is 27.6 Å². The monoisotopic (exact) mass is 615 g/mol. The van der Waals surface area contributed by atoms with E-state index in [-0.39, 0.29) is 5.41 Å². The molecule has 1 spiro atoms. The Bertz CT molecular complexity index is 2510. The molecule has 0 aliphatic heterocycles. The fraction of sp³-hybridized carbons (Fsp3) is 0.0870. The summed E-state index contributed by atoms with van der Waals surface area (Å²) in [5.74, 6) is 0. The molecule has 228 valence electrons. The van der Waals surface area contributed by atoms with Crippen molar-refractivity contribution in [3.63, 3.8) is 0 Å². The summed E-state index contributed by atoms with van der Waals surface area (Å²) in [4.78, 5) is 2.45. The van der Waals surface area contributed by atoms with Gasteiger partial charge in [0.2, 0.25) is 0 Å². The highest BCUT2D eigenvalue weighted by molar-refractivity contribution is 6.06. The van der Waals surface area contributed by atoms with Crippen LogP contribution < -0.4 is 4.90 Å². The minimum absolute atomic E-state index is 0.292. The second-order valence-corrected chi connectivity index (χ2v) is 13.7. The van der Waals surface area contributed by atoms with Crippen molar-refractivity contribution in [3.8, 4) is 11.1 Å². The van der Waals surface area contributed by atoms with Crippen LogP contribution in [0.15, 0.2) is 168 Å². The van der Waals surface area contributed by atoms with Gasteiger partial charge < -0.3 is 9.32 Å². The van der Waals surface area contributed by atoms with E-state index >= 15 is 0 Å². The molecule has 0 bridgehead atoms. The fourth-order valence-corrected chi connectivity index (χ4v) is 9.00. The molecule has 2 nitrogen and oxygen atoms in total. The summed E-state index contributed by atoms with van der Waals surface area (Å²) in [7, 11) is 0. The van der Waals surface area contributed by atoms with E-state index < -0.39 is 5.41 Å². The van der Waals surface area contributed by atoms with E-state index in [0.717, 1.165) is 33.3 Å². The van der Waals surface area contributed by atoms with Crippen molar-refractivity contribution in [3.05, 3.63) is 197 Å². The summed E-state index contributed by atoms with van der Waals surface area (Å²) in [5.41, 5.74) is 15.2. The van der Waals surface area contributed by atoms with Crippen LogP contribution in [0.3, 0.4) is 0 Å². The van der Waals surface area contributed by atoms with Crippen molar-refractivity contribution >= 4 is 39.0 Å². The van der Waals surface area contributed by atoms with Crippen molar-refractivity contribution in [2.75, 3.05) is 4.90 Å². The first-order chi connectivity index (χ1) is 23.6. The third-order valence-electron chi connectivity index (χ3n) is 10.9. The molecule has 0 amide bonds. The first kappa shape index (κ1) is 27.3. The van der Waals surface area contributed by atoms with Crippen LogP contribution in [0.25, 0.3) is 33.1 Å². The summed E-state index contributed by atoms with van der Waals surface area (Å²) in [6.45, 7) is 4.81. The molecule has 48 heavy (non-hydrogen) atoms. The molecule has 0 N–H and O–H groups in total. The van der Waals surface area contributed by atoms with Crippen molar-refractivity contribution in [2.24, 2.45) is 0 Å². The number of nitrogens with zero attached hydrogens (tertiary/aromatic N) is 1. The summed E-state index contributed by atoms with van der Waals surface area (Å²) >= 11 is 0. The van der Waals surface area contributed by atoms with Gasteiger partial charge in [-0.05, 0) is 87.0 Å². The second kappa shape index (κ2) is 9.82. The summed E-state index contributed by atoms with van der Waals surface area (Å²) in [6.07, 6.45) is 0. The molecule has 2 heteroatoms. The molecule has 8 aromatic rings. The van der Waals surface area contributed by atoms with Crippen molar-refractivity contribution < 1.29 is 4.42 Å². The summed E-state index contributed by atoms with van der Waals surface area (Å²) in [6, 6.07) is 60.0. The summed E-state index contributed by atoms with van der Waals surface area (Å²) < 4.78 is 6.27. The third-order valence-corrected chi connectivity index (χ3v) is 10.9. The minimum Gasteiger partial charge on any atom is -0.456 e. The minimum atomic E-state index is -0.447. The number of anilines is 3. The third kappa shape index (κ3) is 3.47. The molecule has 0 fully saturated rings. The van der Waals surface area contributed by atoms with Gasteiger partial charge in [0.1, 0.15) is 11.2 Å². The van der Waals surface area contributed by atoms with Crippen LogP contribution in [0.5, 0.6) is 0 Å². The zero-order valence-corrected chi connectivity index (χ0v) is 26.9. The Hall–Kier alpha value is -5.86. The van der Waals surface area contributed by atoms with Crippen LogP contribution in [0.4, 0.5) is 17.1 Å². The smallest absolute Gasteiger partial charge is 0.135 e. The standard InChI is InChI=1S/C46H33NO/c1-45(2)38-22-11-12-23-39(38)46(36-20-9-6-17-32(36)33-18-7-10-21-37(33)46)40-24-14-25-41(44(40)45)47(30-15-4-3-5-16-30)31-27-28-43-35(29-31)34-19-8-13-26-42(34)48-43/h3-29H,1-2H3. The van der Waals surface area contributed by atoms with Gasteiger partial charge in [0.05, 0.1) is 11.1 Å². The maximum atomic E-state index is 6.27. The zero-order valence-electron chi connectivity index (χ0n) is 26.9. The van der Waals surface area contributed by atoms with Crippen molar-refractivity contribution in [1.82, 2.24) is 0 Å². The Balaban J connectivity index is 1.33. The number of benzene rings is 7. The van der Waals surface area contributed by atoms with E-state index in [1.54, 1.807) is 0 Å². The van der Waals surface area contributed by atoms with E-state index in [9.17, 15) is 0 Å². The van der Waals surface area contributed by atoms with E-state index in [0.29, 0.717) is 0 Å². The van der Waals surface area contributed by atoms with Gasteiger partial charge in [-0.2, -0.15) is 0 Å². The van der Waals surface area contributed by atoms with Crippen LogP contribution in [-0.4, -0.2) is 0 Å². The largest absolute Gasteiger partial charge is 0.456 e. The first-order valence-electron chi connectivity index (χ1n) is 16.8. The molecule has 10 rings (SSSR count). The average molecular weight is 616 g/mol. The van der Waals surface area contributed by atoms with E-state index in [2.05, 4.69) is 170 Å². The number of fused-ring (bicyclic) bond motifs is 12. The van der Waals surface area contributed by atoms with Crippen LogP contribution in [0.2, 0.25) is 0 Å². The number of para-hydroxylation sites is 2. The maximum Gasteiger partial charge on any atom is 0.135 e. The lowest BCUT2D eigenvalue weighted by Gasteiger charge is -2.48. The Morgan fingerprint density at radius 1 is 0.438 bits per heavy atom. The molecule has 1 heterocycles. The molecule has 2 aliphatic carbocycles. The molecule has 0 radical (unpaired) electrons. The Morgan fingerprint density at radius 3 is 1.77 bits per heavy atom. The topological polar surface area (TPSA) is 16.4 Å². The molecule has 2 aliphatic rings. The van der Waals surface area contributed by atoms with Gasteiger partial charge in [-0.25, -0.2) is 0 Å². The van der Waals surface area contributed by atoms with E-state index in [1.165, 1.54) is 50.2 Å². The summed E-state index contributed by atoms with van der Waals surface area (Å²) in [5, 5.41) is 2.25. The quantitative estimate of drug-likeness (QED) is 0.197. The maximum absolute atomic E-state index is 6.27. The van der Waals surface area contributed by atoms with Gasteiger partial charge in [0.25, 0.3) is 0 Å². The van der Waals surface area contributed by atoms with E-state index in [1.807, 2.05) is 12.1 Å².